The van der Waals surface area contributed by atoms with Gasteiger partial charge in [0.25, 0.3) is 11.8 Å². The molecular weight excluding hydrogens is 400 g/mol. The van der Waals surface area contributed by atoms with Crippen molar-refractivity contribution in [3.05, 3.63) is 101 Å². The third-order valence-corrected chi connectivity index (χ3v) is 5.45. The summed E-state index contributed by atoms with van der Waals surface area (Å²) >= 11 is 0. The van der Waals surface area contributed by atoms with E-state index in [4.69, 9.17) is 4.74 Å². The Bertz CT molecular complexity index is 1140. The molecule has 1 aliphatic heterocycles. The van der Waals surface area contributed by atoms with Crippen LogP contribution in [-0.4, -0.2) is 54.9 Å². The van der Waals surface area contributed by atoms with Crippen LogP contribution in [0.3, 0.4) is 0 Å². The number of nitrogens with zero attached hydrogens (tertiary/aromatic N) is 2. The van der Waals surface area contributed by atoms with Gasteiger partial charge in [-0.2, -0.15) is 0 Å². The van der Waals surface area contributed by atoms with Gasteiger partial charge in [-0.25, -0.2) is 0 Å². The van der Waals surface area contributed by atoms with E-state index in [0.717, 1.165) is 11.1 Å². The molecule has 0 bridgehead atoms. The molecule has 0 spiro atoms. The summed E-state index contributed by atoms with van der Waals surface area (Å²) in [6, 6.07) is 24.2. The van der Waals surface area contributed by atoms with E-state index in [2.05, 4.69) is 11.8 Å². The summed E-state index contributed by atoms with van der Waals surface area (Å²) in [7, 11) is 1.60. The van der Waals surface area contributed by atoms with Crippen molar-refractivity contribution >= 4 is 11.8 Å². The summed E-state index contributed by atoms with van der Waals surface area (Å²) in [5.41, 5.74) is 3.07. The van der Waals surface area contributed by atoms with Crippen LogP contribution >= 0.6 is 0 Å². The maximum Gasteiger partial charge on any atom is 0.253 e. The average molecular weight is 425 g/mol. The molecule has 3 aromatic carbocycles. The van der Waals surface area contributed by atoms with Crippen molar-refractivity contribution in [2.24, 2.45) is 0 Å². The lowest BCUT2D eigenvalue weighted by molar-refractivity contribution is 0.0535. The second-order valence-corrected chi connectivity index (χ2v) is 7.51. The lowest BCUT2D eigenvalue weighted by atomic mass is 10.1. The van der Waals surface area contributed by atoms with Crippen molar-refractivity contribution in [2.75, 3.05) is 33.3 Å². The van der Waals surface area contributed by atoms with Crippen molar-refractivity contribution in [3.8, 4) is 17.6 Å². The fraction of sp³-hybridized carbons (Fsp3) is 0.185. The van der Waals surface area contributed by atoms with Crippen molar-refractivity contribution in [3.63, 3.8) is 0 Å². The number of hydrogen-bond donors (Lipinski definition) is 0. The van der Waals surface area contributed by atoms with E-state index in [-0.39, 0.29) is 11.8 Å². The van der Waals surface area contributed by atoms with E-state index in [1.165, 1.54) is 0 Å². The van der Waals surface area contributed by atoms with Crippen molar-refractivity contribution in [2.45, 2.75) is 0 Å². The Kier molecular flexibility index (Phi) is 6.52. The van der Waals surface area contributed by atoms with Gasteiger partial charge in [-0.15, -0.1) is 0 Å². The molecule has 1 saturated heterocycles. The Balaban J connectivity index is 1.34. The van der Waals surface area contributed by atoms with Crippen molar-refractivity contribution in [1.29, 1.82) is 0 Å². The Morgan fingerprint density at radius 3 is 1.56 bits per heavy atom. The highest BCUT2D eigenvalue weighted by molar-refractivity contribution is 5.96. The zero-order valence-corrected chi connectivity index (χ0v) is 18.0. The Morgan fingerprint density at radius 1 is 0.656 bits per heavy atom. The first kappa shape index (κ1) is 21.2. The molecule has 5 heteroatoms. The molecule has 2 amide bonds. The first-order chi connectivity index (χ1) is 15.6. The number of hydrogen-bond acceptors (Lipinski definition) is 3. The van der Waals surface area contributed by atoms with Gasteiger partial charge in [0.1, 0.15) is 5.75 Å². The number of carbonyl (C=O) groups is 2. The van der Waals surface area contributed by atoms with Gasteiger partial charge in [0.15, 0.2) is 0 Å². The largest absolute Gasteiger partial charge is 0.497 e. The standard InChI is InChI=1S/C27H24N2O3/c1-32-25-15-13-24(14-16-25)27(31)29-19-17-28(18-20-29)26(30)23-11-9-22(10-12-23)8-7-21-5-3-2-4-6-21/h2-6,9-16H,17-20H2,1H3. The first-order valence-corrected chi connectivity index (χ1v) is 10.5. The molecule has 32 heavy (non-hydrogen) atoms. The fourth-order valence-electron chi connectivity index (χ4n) is 3.57. The van der Waals surface area contributed by atoms with Gasteiger partial charge in [-0.05, 0) is 60.7 Å². The van der Waals surface area contributed by atoms with Crippen molar-refractivity contribution in [1.82, 2.24) is 9.80 Å². The van der Waals surface area contributed by atoms with E-state index in [9.17, 15) is 9.59 Å². The topological polar surface area (TPSA) is 49.9 Å². The minimum atomic E-state index is -0.0268. The van der Waals surface area contributed by atoms with Crippen LogP contribution < -0.4 is 4.74 Å². The summed E-state index contributed by atoms with van der Waals surface area (Å²) in [5, 5.41) is 0. The van der Waals surface area contributed by atoms with Gasteiger partial charge >= 0.3 is 0 Å². The number of ether oxygens (including phenoxy) is 1. The molecule has 0 radical (unpaired) electrons. The Hall–Kier alpha value is -4.04. The lowest BCUT2D eigenvalue weighted by Crippen LogP contribution is -2.50. The van der Waals surface area contributed by atoms with E-state index in [1.807, 2.05) is 54.6 Å². The van der Waals surface area contributed by atoms with Gasteiger partial charge in [-0.1, -0.05) is 30.0 Å². The van der Waals surface area contributed by atoms with E-state index >= 15 is 0 Å². The normalized spacial score (nSPS) is 13.2. The van der Waals surface area contributed by atoms with E-state index < -0.39 is 0 Å². The third-order valence-electron chi connectivity index (χ3n) is 5.45. The van der Waals surface area contributed by atoms with Gasteiger partial charge in [0, 0.05) is 48.4 Å². The maximum atomic E-state index is 12.9. The fourth-order valence-corrected chi connectivity index (χ4v) is 3.57. The van der Waals surface area contributed by atoms with Crippen LogP contribution in [0.4, 0.5) is 0 Å². The van der Waals surface area contributed by atoms with Crippen LogP contribution in [0.15, 0.2) is 78.9 Å². The number of piperazine rings is 1. The molecule has 0 N–H and O–H groups in total. The van der Waals surface area contributed by atoms with Crippen molar-refractivity contribution < 1.29 is 14.3 Å². The molecule has 5 nitrogen and oxygen atoms in total. The minimum Gasteiger partial charge on any atom is -0.497 e. The zero-order chi connectivity index (χ0) is 22.3. The highest BCUT2D eigenvalue weighted by Gasteiger charge is 2.25. The van der Waals surface area contributed by atoms with E-state index in [1.54, 1.807) is 41.2 Å². The average Bonchev–Trinajstić information content (AvgIpc) is 2.88. The monoisotopic (exact) mass is 424 g/mol. The molecular formula is C27H24N2O3. The number of amides is 2. The van der Waals surface area contributed by atoms with Gasteiger partial charge in [-0.3, -0.25) is 9.59 Å². The SMILES string of the molecule is COc1ccc(C(=O)N2CCN(C(=O)c3ccc(C#Cc4ccccc4)cc3)CC2)cc1. The zero-order valence-electron chi connectivity index (χ0n) is 18.0. The first-order valence-electron chi connectivity index (χ1n) is 10.5. The smallest absolute Gasteiger partial charge is 0.253 e. The predicted octanol–water partition coefficient (Wildman–Crippen LogP) is 3.69. The molecule has 0 atom stereocenters. The Labute approximate surface area is 188 Å². The quantitative estimate of drug-likeness (QED) is 0.603. The second kappa shape index (κ2) is 9.84. The summed E-state index contributed by atoms with van der Waals surface area (Å²) < 4.78 is 5.14. The molecule has 0 unspecified atom stereocenters. The summed E-state index contributed by atoms with van der Waals surface area (Å²) in [6.45, 7) is 2.04. The number of benzene rings is 3. The molecule has 160 valence electrons. The van der Waals surface area contributed by atoms with Crippen LogP contribution in [0, 0.1) is 11.8 Å². The molecule has 4 rings (SSSR count). The summed E-state index contributed by atoms with van der Waals surface area (Å²) in [5.74, 6) is 6.91. The number of carbonyl (C=O) groups excluding carboxylic acids is 2. The van der Waals surface area contributed by atoms with Gasteiger partial charge < -0.3 is 14.5 Å². The third kappa shape index (κ3) is 4.98. The van der Waals surface area contributed by atoms with Crippen LogP contribution in [-0.2, 0) is 0 Å². The molecule has 0 saturated carbocycles. The molecule has 0 aliphatic carbocycles. The van der Waals surface area contributed by atoms with Crippen LogP contribution in [0.25, 0.3) is 0 Å². The molecule has 3 aromatic rings. The maximum absolute atomic E-state index is 12.9. The molecule has 1 heterocycles. The summed E-state index contributed by atoms with van der Waals surface area (Å²) in [6.07, 6.45) is 0. The van der Waals surface area contributed by atoms with Crippen LogP contribution in [0.1, 0.15) is 31.8 Å². The minimum absolute atomic E-state index is 0.0240. The number of methoxy groups -OCH3 is 1. The highest BCUT2D eigenvalue weighted by Crippen LogP contribution is 2.15. The van der Waals surface area contributed by atoms with Gasteiger partial charge in [0.2, 0.25) is 0 Å². The van der Waals surface area contributed by atoms with Crippen LogP contribution in [0.5, 0.6) is 5.75 Å². The second-order valence-electron chi connectivity index (χ2n) is 7.51. The molecule has 1 aliphatic rings. The Morgan fingerprint density at radius 2 is 1.09 bits per heavy atom. The highest BCUT2D eigenvalue weighted by atomic mass is 16.5. The predicted molar refractivity (Wildman–Crippen MR) is 124 cm³/mol. The molecule has 1 fully saturated rings. The van der Waals surface area contributed by atoms with E-state index in [0.29, 0.717) is 43.1 Å². The number of rotatable bonds is 3. The van der Waals surface area contributed by atoms with Crippen LogP contribution in [0.2, 0.25) is 0 Å². The van der Waals surface area contributed by atoms with Gasteiger partial charge in [0.05, 0.1) is 7.11 Å². The summed E-state index contributed by atoms with van der Waals surface area (Å²) in [4.78, 5) is 29.2. The molecule has 0 aromatic heterocycles. The lowest BCUT2D eigenvalue weighted by Gasteiger charge is -2.35.